The number of rotatable bonds is 7. The smallest absolute Gasteiger partial charge is 0.223 e. The average molecular weight is 295 g/mol. The Hall–Kier alpha value is -0.610. The second-order valence-corrected chi connectivity index (χ2v) is 7.02. The molecule has 21 heavy (non-hydrogen) atoms. The number of nitrogens with zero attached hydrogens (tertiary/aromatic N) is 1. The maximum absolute atomic E-state index is 12.3. The third kappa shape index (κ3) is 5.26. The van der Waals surface area contributed by atoms with E-state index in [4.69, 9.17) is 5.73 Å². The fourth-order valence-electron chi connectivity index (χ4n) is 4.05. The molecule has 4 nitrogen and oxygen atoms in total. The zero-order valence-corrected chi connectivity index (χ0v) is 13.7. The molecule has 4 heteroatoms. The van der Waals surface area contributed by atoms with Gasteiger partial charge < -0.3 is 16.0 Å². The number of hydrogen-bond acceptors (Lipinski definition) is 3. The molecule has 0 spiro atoms. The number of carbonyl (C=O) groups excluding carboxylic acids is 1. The minimum atomic E-state index is 0.229. The van der Waals surface area contributed by atoms with Gasteiger partial charge in [-0.3, -0.25) is 4.79 Å². The summed E-state index contributed by atoms with van der Waals surface area (Å²) in [6.45, 7) is 2.53. The van der Waals surface area contributed by atoms with Crippen molar-refractivity contribution in [2.75, 3.05) is 26.7 Å². The zero-order valence-electron chi connectivity index (χ0n) is 13.7. The molecular formula is C17H33N3O. The van der Waals surface area contributed by atoms with Crippen molar-refractivity contribution in [1.82, 2.24) is 10.2 Å². The summed E-state index contributed by atoms with van der Waals surface area (Å²) < 4.78 is 0. The van der Waals surface area contributed by atoms with Crippen LogP contribution in [0.15, 0.2) is 0 Å². The van der Waals surface area contributed by atoms with Crippen molar-refractivity contribution in [2.45, 2.75) is 63.8 Å². The molecule has 0 aromatic heterocycles. The Morgan fingerprint density at radius 1 is 1.19 bits per heavy atom. The van der Waals surface area contributed by atoms with E-state index in [-0.39, 0.29) is 11.8 Å². The Morgan fingerprint density at radius 2 is 1.95 bits per heavy atom. The summed E-state index contributed by atoms with van der Waals surface area (Å²) in [7, 11) is 2.19. The van der Waals surface area contributed by atoms with Crippen LogP contribution in [0.4, 0.5) is 0 Å². The Balaban J connectivity index is 1.64. The van der Waals surface area contributed by atoms with Crippen molar-refractivity contribution in [1.29, 1.82) is 0 Å². The fourth-order valence-corrected chi connectivity index (χ4v) is 4.05. The van der Waals surface area contributed by atoms with Gasteiger partial charge in [0.2, 0.25) is 5.91 Å². The first-order chi connectivity index (χ1) is 10.2. The average Bonchev–Trinajstić information content (AvgIpc) is 3.02. The predicted octanol–water partition coefficient (Wildman–Crippen LogP) is 2.13. The number of likely N-dealkylation sites (N-methyl/N-ethyl adjacent to an activating group) is 1. The van der Waals surface area contributed by atoms with Crippen LogP contribution in [-0.2, 0) is 4.79 Å². The van der Waals surface area contributed by atoms with E-state index in [1.54, 1.807) is 0 Å². The van der Waals surface area contributed by atoms with E-state index < -0.39 is 0 Å². The molecule has 0 heterocycles. The normalized spacial score (nSPS) is 27.2. The Morgan fingerprint density at radius 3 is 2.67 bits per heavy atom. The van der Waals surface area contributed by atoms with Crippen LogP contribution in [0.3, 0.4) is 0 Å². The summed E-state index contributed by atoms with van der Waals surface area (Å²) in [5, 5.41) is 3.16. The van der Waals surface area contributed by atoms with Crippen molar-refractivity contribution >= 4 is 5.91 Å². The van der Waals surface area contributed by atoms with E-state index in [0.717, 1.165) is 44.9 Å². The van der Waals surface area contributed by atoms with Gasteiger partial charge in [-0.05, 0) is 51.6 Å². The minimum absolute atomic E-state index is 0.229. The first-order valence-electron chi connectivity index (χ1n) is 8.88. The lowest BCUT2D eigenvalue weighted by Crippen LogP contribution is -2.40. The van der Waals surface area contributed by atoms with Crippen LogP contribution in [0.25, 0.3) is 0 Å². The standard InChI is InChI=1S/C17H33N3O/c1-20(16-7-2-3-8-16)12-11-19-17(21)15-6-4-5-14(13-15)9-10-18/h14-16H,2-13,18H2,1H3,(H,19,21). The lowest BCUT2D eigenvalue weighted by Gasteiger charge is -2.29. The van der Waals surface area contributed by atoms with E-state index in [1.807, 2.05) is 0 Å². The summed E-state index contributed by atoms with van der Waals surface area (Å²) in [6, 6.07) is 0.741. The quantitative estimate of drug-likeness (QED) is 0.756. The van der Waals surface area contributed by atoms with Gasteiger partial charge in [-0.2, -0.15) is 0 Å². The molecule has 2 rings (SSSR count). The van der Waals surface area contributed by atoms with E-state index >= 15 is 0 Å². The van der Waals surface area contributed by atoms with Gasteiger partial charge in [0.25, 0.3) is 0 Å². The fraction of sp³-hybridized carbons (Fsp3) is 0.941. The first-order valence-corrected chi connectivity index (χ1v) is 8.88. The summed E-state index contributed by atoms with van der Waals surface area (Å²) in [5.74, 6) is 1.17. The maximum atomic E-state index is 12.3. The van der Waals surface area contributed by atoms with Crippen LogP contribution in [0.2, 0.25) is 0 Å². The van der Waals surface area contributed by atoms with E-state index in [1.165, 1.54) is 38.5 Å². The van der Waals surface area contributed by atoms with Crippen molar-refractivity contribution in [3.63, 3.8) is 0 Å². The highest BCUT2D eigenvalue weighted by molar-refractivity contribution is 5.78. The molecule has 0 bridgehead atoms. The van der Waals surface area contributed by atoms with Crippen molar-refractivity contribution in [3.05, 3.63) is 0 Å². The first kappa shape index (κ1) is 16.8. The molecule has 0 aliphatic heterocycles. The highest BCUT2D eigenvalue weighted by atomic mass is 16.1. The number of hydrogen-bond donors (Lipinski definition) is 2. The topological polar surface area (TPSA) is 58.4 Å². The lowest BCUT2D eigenvalue weighted by molar-refractivity contribution is -0.126. The number of carbonyl (C=O) groups is 1. The van der Waals surface area contributed by atoms with E-state index in [9.17, 15) is 4.79 Å². The van der Waals surface area contributed by atoms with Crippen molar-refractivity contribution < 1.29 is 4.79 Å². The van der Waals surface area contributed by atoms with Crippen LogP contribution in [0.1, 0.15) is 57.8 Å². The maximum Gasteiger partial charge on any atom is 0.223 e. The molecule has 2 atom stereocenters. The molecule has 2 fully saturated rings. The van der Waals surface area contributed by atoms with Gasteiger partial charge >= 0.3 is 0 Å². The lowest BCUT2D eigenvalue weighted by atomic mass is 9.79. The molecule has 1 amide bonds. The summed E-state index contributed by atoms with van der Waals surface area (Å²) in [4.78, 5) is 14.7. The van der Waals surface area contributed by atoms with E-state index in [0.29, 0.717) is 5.92 Å². The van der Waals surface area contributed by atoms with Crippen molar-refractivity contribution in [3.8, 4) is 0 Å². The van der Waals surface area contributed by atoms with Gasteiger partial charge in [-0.25, -0.2) is 0 Å². The van der Waals surface area contributed by atoms with E-state index in [2.05, 4.69) is 17.3 Å². The molecule has 3 N–H and O–H groups in total. The molecule has 2 saturated carbocycles. The monoisotopic (exact) mass is 295 g/mol. The minimum Gasteiger partial charge on any atom is -0.355 e. The summed E-state index contributed by atoms with van der Waals surface area (Å²) >= 11 is 0. The van der Waals surface area contributed by atoms with Gasteiger partial charge in [-0.1, -0.05) is 25.7 Å². The van der Waals surface area contributed by atoms with Gasteiger partial charge in [0.15, 0.2) is 0 Å². The van der Waals surface area contributed by atoms with Gasteiger partial charge in [0, 0.05) is 25.0 Å². The van der Waals surface area contributed by atoms with Crippen LogP contribution in [-0.4, -0.2) is 43.5 Å². The molecule has 2 aliphatic carbocycles. The molecule has 2 unspecified atom stereocenters. The Labute approximate surface area is 129 Å². The molecular weight excluding hydrogens is 262 g/mol. The molecule has 0 aromatic rings. The third-order valence-corrected chi connectivity index (χ3v) is 5.44. The second-order valence-electron chi connectivity index (χ2n) is 7.02. The Bertz CT molecular complexity index is 313. The Kier molecular flexibility index (Phi) is 6.97. The van der Waals surface area contributed by atoms with Crippen LogP contribution < -0.4 is 11.1 Å². The molecule has 2 aliphatic rings. The SMILES string of the molecule is CN(CCNC(=O)C1CCCC(CCN)C1)C1CCCC1. The number of nitrogens with one attached hydrogen (secondary N) is 1. The van der Waals surface area contributed by atoms with Crippen LogP contribution >= 0.6 is 0 Å². The highest BCUT2D eigenvalue weighted by Gasteiger charge is 2.26. The van der Waals surface area contributed by atoms with Crippen LogP contribution in [0, 0.1) is 11.8 Å². The van der Waals surface area contributed by atoms with Gasteiger partial charge in [-0.15, -0.1) is 0 Å². The largest absolute Gasteiger partial charge is 0.355 e. The second kappa shape index (κ2) is 8.74. The zero-order chi connectivity index (χ0) is 15.1. The summed E-state index contributed by atoms with van der Waals surface area (Å²) in [5.41, 5.74) is 5.65. The third-order valence-electron chi connectivity index (χ3n) is 5.44. The van der Waals surface area contributed by atoms with Crippen molar-refractivity contribution in [2.24, 2.45) is 17.6 Å². The number of nitrogens with two attached hydrogens (primary N) is 1. The van der Waals surface area contributed by atoms with Gasteiger partial charge in [0.1, 0.15) is 0 Å². The molecule has 0 saturated heterocycles. The van der Waals surface area contributed by atoms with Crippen LogP contribution in [0.5, 0.6) is 0 Å². The molecule has 122 valence electrons. The summed E-state index contributed by atoms with van der Waals surface area (Å²) in [6.07, 6.45) is 11.0. The molecule has 0 aromatic carbocycles. The number of amides is 1. The highest BCUT2D eigenvalue weighted by Crippen LogP contribution is 2.30. The van der Waals surface area contributed by atoms with Gasteiger partial charge in [0.05, 0.1) is 0 Å². The molecule has 0 radical (unpaired) electrons. The predicted molar refractivity (Wildman–Crippen MR) is 87.0 cm³/mol.